The number of aliphatic hydroxyl groups excluding tert-OH is 2. The molecule has 0 amide bonds. The summed E-state index contributed by atoms with van der Waals surface area (Å²) >= 11 is 1.25. The van der Waals surface area contributed by atoms with Crippen LogP contribution in [0, 0.1) is 5.92 Å². The molecule has 1 saturated heterocycles. The second-order valence-corrected chi connectivity index (χ2v) is 6.24. The SMILES string of the molecule is COc1c(N2CC(O)C(O)C2)sc(C(=O)C(C)C)c1N. The Balaban J connectivity index is 2.39. The third kappa shape index (κ3) is 2.48. The summed E-state index contributed by atoms with van der Waals surface area (Å²) in [5, 5.41) is 20.0. The highest BCUT2D eigenvalue weighted by atomic mass is 32.1. The van der Waals surface area contributed by atoms with Crippen LogP contribution in [-0.4, -0.2) is 48.4 Å². The van der Waals surface area contributed by atoms with Crippen molar-refractivity contribution in [1.29, 1.82) is 0 Å². The van der Waals surface area contributed by atoms with Crippen LogP contribution >= 0.6 is 11.3 Å². The van der Waals surface area contributed by atoms with Gasteiger partial charge in [0, 0.05) is 19.0 Å². The number of hydrogen-bond donors (Lipinski definition) is 3. The zero-order chi connectivity index (χ0) is 15.0. The van der Waals surface area contributed by atoms with Crippen LogP contribution in [0.1, 0.15) is 23.5 Å². The Labute approximate surface area is 121 Å². The third-order valence-corrected chi connectivity index (χ3v) is 4.64. The van der Waals surface area contributed by atoms with Crippen molar-refractivity contribution in [1.82, 2.24) is 0 Å². The van der Waals surface area contributed by atoms with E-state index < -0.39 is 12.2 Å². The predicted octanol–water partition coefficient (Wildman–Crippen LogP) is 0.719. The summed E-state index contributed by atoms with van der Waals surface area (Å²) in [7, 11) is 1.49. The molecule has 0 radical (unpaired) electrons. The number of anilines is 2. The van der Waals surface area contributed by atoms with E-state index in [0.29, 0.717) is 34.4 Å². The Bertz CT molecular complexity index is 505. The van der Waals surface area contributed by atoms with Gasteiger partial charge in [-0.1, -0.05) is 13.8 Å². The van der Waals surface area contributed by atoms with E-state index in [0.717, 1.165) is 0 Å². The van der Waals surface area contributed by atoms with E-state index in [9.17, 15) is 15.0 Å². The molecule has 1 aliphatic rings. The van der Waals surface area contributed by atoms with E-state index in [4.69, 9.17) is 10.5 Å². The van der Waals surface area contributed by atoms with Gasteiger partial charge in [0.05, 0.1) is 29.9 Å². The number of aliphatic hydroxyl groups is 2. The minimum atomic E-state index is -0.799. The van der Waals surface area contributed by atoms with Crippen molar-refractivity contribution in [2.75, 3.05) is 30.8 Å². The molecule has 2 unspecified atom stereocenters. The molecule has 0 spiro atoms. The van der Waals surface area contributed by atoms with E-state index in [1.54, 1.807) is 4.90 Å². The quantitative estimate of drug-likeness (QED) is 0.709. The standard InChI is InChI=1S/C13H20N2O4S/c1-6(2)10(18)12-9(14)11(19-3)13(20-12)15-4-7(16)8(17)5-15/h6-8,16-17H,4-5,14H2,1-3H3. The highest BCUT2D eigenvalue weighted by Gasteiger charge is 2.34. The fourth-order valence-electron chi connectivity index (χ4n) is 2.20. The van der Waals surface area contributed by atoms with Gasteiger partial charge in [0.1, 0.15) is 5.00 Å². The van der Waals surface area contributed by atoms with Crippen LogP contribution in [0.25, 0.3) is 0 Å². The molecule has 20 heavy (non-hydrogen) atoms. The van der Waals surface area contributed by atoms with Crippen LogP contribution in [-0.2, 0) is 0 Å². The van der Waals surface area contributed by atoms with Crippen LogP contribution < -0.4 is 15.4 Å². The molecule has 1 fully saturated rings. The van der Waals surface area contributed by atoms with Crippen molar-refractivity contribution in [3.05, 3.63) is 4.88 Å². The van der Waals surface area contributed by atoms with Gasteiger partial charge >= 0.3 is 0 Å². The number of hydrogen-bond acceptors (Lipinski definition) is 7. The van der Waals surface area contributed by atoms with Crippen molar-refractivity contribution in [2.45, 2.75) is 26.1 Å². The zero-order valence-electron chi connectivity index (χ0n) is 11.8. The van der Waals surface area contributed by atoms with Gasteiger partial charge in [0.25, 0.3) is 0 Å². The first-order valence-electron chi connectivity index (χ1n) is 6.48. The molecule has 1 aliphatic heterocycles. The minimum absolute atomic E-state index is 0.0302. The summed E-state index contributed by atoms with van der Waals surface area (Å²) in [4.78, 5) is 14.4. The zero-order valence-corrected chi connectivity index (χ0v) is 12.6. The number of thiophene rings is 1. The van der Waals surface area contributed by atoms with Crippen molar-refractivity contribution in [3.8, 4) is 5.75 Å². The number of carbonyl (C=O) groups is 1. The molecule has 2 atom stereocenters. The first kappa shape index (κ1) is 15.1. The number of ketones is 1. The van der Waals surface area contributed by atoms with Gasteiger partial charge in [0.2, 0.25) is 0 Å². The normalized spacial score (nSPS) is 22.6. The maximum absolute atomic E-state index is 12.1. The molecule has 0 aliphatic carbocycles. The van der Waals surface area contributed by atoms with E-state index in [1.807, 2.05) is 13.8 Å². The van der Waals surface area contributed by atoms with Crippen molar-refractivity contribution in [2.24, 2.45) is 5.92 Å². The minimum Gasteiger partial charge on any atom is -0.492 e. The Morgan fingerprint density at radius 3 is 2.40 bits per heavy atom. The lowest BCUT2D eigenvalue weighted by molar-refractivity contribution is 0.0572. The topological polar surface area (TPSA) is 96.0 Å². The molecule has 2 rings (SSSR count). The summed E-state index contributed by atoms with van der Waals surface area (Å²) in [6.45, 7) is 4.23. The van der Waals surface area contributed by atoms with Crippen molar-refractivity contribution >= 4 is 27.8 Å². The fraction of sp³-hybridized carbons (Fsp3) is 0.615. The smallest absolute Gasteiger partial charge is 0.177 e. The average Bonchev–Trinajstić information content (AvgIpc) is 2.89. The molecule has 4 N–H and O–H groups in total. The van der Waals surface area contributed by atoms with Crippen LogP contribution in [0.3, 0.4) is 0 Å². The van der Waals surface area contributed by atoms with E-state index >= 15 is 0 Å². The average molecular weight is 300 g/mol. The maximum Gasteiger partial charge on any atom is 0.177 e. The highest BCUT2D eigenvalue weighted by Crippen LogP contribution is 2.46. The van der Waals surface area contributed by atoms with Gasteiger partial charge < -0.3 is 25.6 Å². The number of carbonyl (C=O) groups excluding carboxylic acids is 1. The van der Waals surface area contributed by atoms with Crippen LogP contribution in [0.4, 0.5) is 10.7 Å². The Morgan fingerprint density at radius 2 is 1.95 bits per heavy atom. The molecule has 7 heteroatoms. The molecular formula is C13H20N2O4S. The summed E-state index contributed by atoms with van der Waals surface area (Å²) < 4.78 is 5.30. The lowest BCUT2D eigenvalue weighted by atomic mass is 10.1. The third-order valence-electron chi connectivity index (χ3n) is 3.38. The monoisotopic (exact) mass is 300 g/mol. The first-order chi connectivity index (χ1) is 9.36. The highest BCUT2D eigenvalue weighted by molar-refractivity contribution is 7.19. The first-order valence-corrected chi connectivity index (χ1v) is 7.30. The van der Waals surface area contributed by atoms with Gasteiger partial charge in [-0.25, -0.2) is 0 Å². The predicted molar refractivity (Wildman–Crippen MR) is 78.7 cm³/mol. The van der Waals surface area contributed by atoms with Gasteiger partial charge in [0.15, 0.2) is 11.5 Å². The van der Waals surface area contributed by atoms with Gasteiger partial charge in [-0.15, -0.1) is 11.3 Å². The van der Waals surface area contributed by atoms with E-state index in [2.05, 4.69) is 0 Å². The van der Waals surface area contributed by atoms with Gasteiger partial charge in [-0.2, -0.15) is 0 Å². The van der Waals surface area contributed by atoms with Crippen molar-refractivity contribution < 1.29 is 19.7 Å². The molecule has 0 aromatic carbocycles. The van der Waals surface area contributed by atoms with Crippen LogP contribution in [0.5, 0.6) is 5.75 Å². The molecule has 112 valence electrons. The maximum atomic E-state index is 12.1. The number of ether oxygens (including phenoxy) is 1. The van der Waals surface area contributed by atoms with Crippen molar-refractivity contribution in [3.63, 3.8) is 0 Å². The van der Waals surface area contributed by atoms with E-state index in [-0.39, 0.29) is 11.7 Å². The Morgan fingerprint density at radius 1 is 1.40 bits per heavy atom. The lowest BCUT2D eigenvalue weighted by Crippen LogP contribution is -2.22. The number of Topliss-reactive ketones (excluding diaryl/α,β-unsaturated/α-hetero) is 1. The molecule has 1 aromatic rings. The Kier molecular flexibility index (Phi) is 4.22. The second-order valence-electron chi connectivity index (χ2n) is 5.24. The molecule has 0 saturated carbocycles. The number of rotatable bonds is 4. The molecule has 0 bridgehead atoms. The summed E-state index contributed by atoms with van der Waals surface area (Å²) in [6.07, 6.45) is -1.60. The fourth-order valence-corrected chi connectivity index (χ4v) is 3.50. The Hall–Kier alpha value is -1.31. The lowest BCUT2D eigenvalue weighted by Gasteiger charge is -2.16. The summed E-state index contributed by atoms with van der Waals surface area (Å²) in [5.41, 5.74) is 6.34. The number of nitrogen functional groups attached to an aromatic ring is 1. The molecule has 1 aromatic heterocycles. The molecule has 2 heterocycles. The largest absolute Gasteiger partial charge is 0.492 e. The summed E-state index contributed by atoms with van der Waals surface area (Å²) in [6, 6.07) is 0. The molecule has 6 nitrogen and oxygen atoms in total. The number of nitrogens with zero attached hydrogens (tertiary/aromatic N) is 1. The summed E-state index contributed by atoms with van der Waals surface area (Å²) in [5.74, 6) is 0.265. The van der Waals surface area contributed by atoms with Gasteiger partial charge in [-0.05, 0) is 0 Å². The molecular weight excluding hydrogens is 280 g/mol. The number of methoxy groups -OCH3 is 1. The van der Waals surface area contributed by atoms with Crippen LogP contribution in [0.2, 0.25) is 0 Å². The van der Waals surface area contributed by atoms with Crippen LogP contribution in [0.15, 0.2) is 0 Å². The number of nitrogens with two attached hydrogens (primary N) is 1. The van der Waals surface area contributed by atoms with E-state index in [1.165, 1.54) is 18.4 Å². The van der Waals surface area contributed by atoms with Gasteiger partial charge in [-0.3, -0.25) is 4.79 Å². The second kappa shape index (κ2) is 5.59. The number of β-amino-alcohol motifs (C(OH)–C–C–N with tert-alkyl or cyclic N) is 2.